The van der Waals surface area contributed by atoms with E-state index in [1.165, 1.54) is 74.9 Å². The molecule has 0 heterocycles. The van der Waals surface area contributed by atoms with E-state index in [1.54, 1.807) is 7.11 Å². The summed E-state index contributed by atoms with van der Waals surface area (Å²) in [5.74, 6) is 2.45. The van der Waals surface area contributed by atoms with Gasteiger partial charge in [0.2, 0.25) is 0 Å². The number of hydrogen-bond donors (Lipinski definition) is 0. The smallest absolute Gasteiger partial charge is 0.127 e. The molecule has 0 saturated carbocycles. The minimum Gasteiger partial charge on any atom is -0.496 e. The third-order valence-electron chi connectivity index (χ3n) is 10.7. The summed E-state index contributed by atoms with van der Waals surface area (Å²) in [6.45, 7) is 14.4. The predicted octanol–water partition coefficient (Wildman–Crippen LogP) is 13.4. The molecule has 5 aromatic rings. The van der Waals surface area contributed by atoms with Crippen LogP contribution < -0.4 is 9.47 Å². The van der Waals surface area contributed by atoms with Crippen LogP contribution in [0.1, 0.15) is 100 Å². The van der Waals surface area contributed by atoms with Crippen LogP contribution in [0.3, 0.4) is 0 Å². The fourth-order valence-electron chi connectivity index (χ4n) is 7.45. The predicted molar refractivity (Wildman–Crippen MR) is 214 cm³/mol. The van der Waals surface area contributed by atoms with E-state index in [9.17, 15) is 0 Å². The maximum absolute atomic E-state index is 6.54. The van der Waals surface area contributed by atoms with E-state index in [0.29, 0.717) is 5.92 Å². The van der Waals surface area contributed by atoms with Crippen molar-refractivity contribution in [2.45, 2.75) is 85.5 Å². The van der Waals surface area contributed by atoms with Crippen molar-refractivity contribution in [2.24, 2.45) is 5.92 Å². The average Bonchev–Trinajstić information content (AvgIpc) is 3.36. The zero-order valence-corrected chi connectivity index (χ0v) is 31.2. The monoisotopic (exact) mass is 662 g/mol. The number of ether oxygens (including phenoxy) is 2. The maximum atomic E-state index is 6.54. The Kier molecular flexibility index (Phi) is 11.0. The van der Waals surface area contributed by atoms with Crippen molar-refractivity contribution in [3.8, 4) is 44.9 Å². The first kappa shape index (κ1) is 35.3. The topological polar surface area (TPSA) is 18.5 Å². The summed E-state index contributed by atoms with van der Waals surface area (Å²) in [6.07, 6.45) is 11.2. The SMILES string of the molecule is CCCCC(CC)COc1cc(CCC)c(OC)cc1/C=C/c1ccc(-c2ccc3c(c2)C(C)(C)c2cc(-c4ccc(C)cc4)ccc2-3)cc1. The molecule has 1 unspecified atom stereocenters. The minimum atomic E-state index is -0.0786. The van der Waals surface area contributed by atoms with Crippen molar-refractivity contribution in [3.05, 3.63) is 130 Å². The number of benzene rings is 5. The summed E-state index contributed by atoms with van der Waals surface area (Å²) >= 11 is 0. The Morgan fingerprint density at radius 3 is 1.82 bits per heavy atom. The van der Waals surface area contributed by atoms with Gasteiger partial charge in [0, 0.05) is 11.0 Å². The van der Waals surface area contributed by atoms with Gasteiger partial charge in [0.15, 0.2) is 0 Å². The highest BCUT2D eigenvalue weighted by Gasteiger charge is 2.35. The van der Waals surface area contributed by atoms with Gasteiger partial charge in [-0.25, -0.2) is 0 Å². The van der Waals surface area contributed by atoms with Crippen molar-refractivity contribution >= 4 is 12.2 Å². The highest BCUT2D eigenvalue weighted by molar-refractivity contribution is 5.86. The zero-order valence-electron chi connectivity index (χ0n) is 31.2. The summed E-state index contributed by atoms with van der Waals surface area (Å²) in [6, 6.07) is 36.1. The first-order chi connectivity index (χ1) is 24.2. The molecule has 0 bridgehead atoms. The van der Waals surface area contributed by atoms with Gasteiger partial charge in [-0.3, -0.25) is 0 Å². The number of fused-ring (bicyclic) bond motifs is 3. The molecule has 1 atom stereocenters. The molecular formula is C48H54O2. The second-order valence-corrected chi connectivity index (χ2v) is 14.6. The molecule has 0 amide bonds. The van der Waals surface area contributed by atoms with Gasteiger partial charge >= 0.3 is 0 Å². The van der Waals surface area contributed by atoms with Crippen LogP contribution in [0.25, 0.3) is 45.5 Å². The molecule has 0 aliphatic heterocycles. The quantitative estimate of drug-likeness (QED) is 0.110. The first-order valence-electron chi connectivity index (χ1n) is 18.7. The maximum Gasteiger partial charge on any atom is 0.127 e. The molecule has 0 fully saturated rings. The highest BCUT2D eigenvalue weighted by Crippen LogP contribution is 2.50. The van der Waals surface area contributed by atoms with Gasteiger partial charge < -0.3 is 9.47 Å². The van der Waals surface area contributed by atoms with Crippen LogP contribution in [-0.2, 0) is 11.8 Å². The van der Waals surface area contributed by atoms with Crippen LogP contribution in [0, 0.1) is 12.8 Å². The number of unbranched alkanes of at least 4 members (excludes halogenated alkanes) is 1. The minimum absolute atomic E-state index is 0.0786. The highest BCUT2D eigenvalue weighted by atomic mass is 16.5. The van der Waals surface area contributed by atoms with Crippen molar-refractivity contribution in [1.82, 2.24) is 0 Å². The molecule has 5 aromatic carbocycles. The Balaban J connectivity index is 1.23. The van der Waals surface area contributed by atoms with Crippen molar-refractivity contribution in [1.29, 1.82) is 0 Å². The number of rotatable bonds is 14. The van der Waals surface area contributed by atoms with Crippen LogP contribution in [0.15, 0.2) is 97.1 Å². The van der Waals surface area contributed by atoms with Gasteiger partial charge in [-0.15, -0.1) is 0 Å². The molecule has 0 aromatic heterocycles. The molecular weight excluding hydrogens is 609 g/mol. The van der Waals surface area contributed by atoms with Crippen LogP contribution in [0.4, 0.5) is 0 Å². The molecule has 0 spiro atoms. The van der Waals surface area contributed by atoms with Crippen LogP contribution in [-0.4, -0.2) is 13.7 Å². The fourth-order valence-corrected chi connectivity index (χ4v) is 7.45. The van der Waals surface area contributed by atoms with E-state index in [4.69, 9.17) is 9.47 Å². The lowest BCUT2D eigenvalue weighted by atomic mass is 9.81. The number of hydrogen-bond acceptors (Lipinski definition) is 2. The number of methoxy groups -OCH3 is 1. The van der Waals surface area contributed by atoms with Gasteiger partial charge in [0.05, 0.1) is 13.7 Å². The summed E-state index contributed by atoms with van der Waals surface area (Å²) in [5.41, 5.74) is 15.1. The lowest BCUT2D eigenvalue weighted by Gasteiger charge is -2.22. The van der Waals surface area contributed by atoms with Crippen LogP contribution in [0.5, 0.6) is 11.5 Å². The van der Waals surface area contributed by atoms with Crippen LogP contribution >= 0.6 is 0 Å². The third kappa shape index (κ3) is 7.46. The van der Waals surface area contributed by atoms with Crippen molar-refractivity contribution < 1.29 is 9.47 Å². The van der Waals surface area contributed by atoms with Gasteiger partial charge in [-0.05, 0) is 106 Å². The molecule has 2 heteroatoms. The summed E-state index contributed by atoms with van der Waals surface area (Å²) in [4.78, 5) is 0. The molecule has 50 heavy (non-hydrogen) atoms. The van der Waals surface area contributed by atoms with E-state index in [2.05, 4.69) is 151 Å². The van der Waals surface area contributed by atoms with E-state index < -0.39 is 0 Å². The molecule has 0 radical (unpaired) electrons. The number of aryl methyl sites for hydroxylation is 2. The molecule has 2 nitrogen and oxygen atoms in total. The van der Waals surface area contributed by atoms with E-state index in [0.717, 1.165) is 48.5 Å². The molecule has 1 aliphatic carbocycles. The Morgan fingerprint density at radius 1 is 0.660 bits per heavy atom. The second-order valence-electron chi connectivity index (χ2n) is 14.6. The zero-order chi connectivity index (χ0) is 35.3. The van der Waals surface area contributed by atoms with Crippen molar-refractivity contribution in [2.75, 3.05) is 13.7 Å². The van der Waals surface area contributed by atoms with Gasteiger partial charge in [-0.1, -0.05) is 151 Å². The normalized spacial score (nSPS) is 13.7. The molecule has 0 N–H and O–H groups in total. The Hall–Kier alpha value is -4.56. The van der Waals surface area contributed by atoms with E-state index in [-0.39, 0.29) is 5.41 Å². The lowest BCUT2D eigenvalue weighted by Crippen LogP contribution is -2.15. The van der Waals surface area contributed by atoms with Crippen molar-refractivity contribution in [3.63, 3.8) is 0 Å². The fraction of sp³-hybridized carbons (Fsp3) is 0.333. The summed E-state index contributed by atoms with van der Waals surface area (Å²) in [5, 5.41) is 0. The van der Waals surface area contributed by atoms with Gasteiger partial charge in [0.25, 0.3) is 0 Å². The molecule has 6 rings (SSSR count). The van der Waals surface area contributed by atoms with Crippen LogP contribution in [0.2, 0.25) is 0 Å². The van der Waals surface area contributed by atoms with Gasteiger partial charge in [0.1, 0.15) is 11.5 Å². The molecule has 258 valence electrons. The molecule has 1 aliphatic rings. The standard InChI is InChI=1S/C48H54O2/c1-8-11-13-34(10-3)32-50-47-31-40(12-9-2)46(49-7)30-41(47)23-18-35-16-21-37(22-17-35)39-25-27-43-42-26-24-38(36-19-14-33(4)15-20-36)28-44(42)48(5,6)45(43)29-39/h14-31,34H,8-13,32H2,1-7H3/b23-18+. The van der Waals surface area contributed by atoms with Gasteiger partial charge in [-0.2, -0.15) is 0 Å². The third-order valence-corrected chi connectivity index (χ3v) is 10.7. The first-order valence-corrected chi connectivity index (χ1v) is 18.7. The Bertz CT molecular complexity index is 1940. The largest absolute Gasteiger partial charge is 0.496 e. The molecule has 0 saturated heterocycles. The second kappa shape index (κ2) is 15.5. The summed E-state index contributed by atoms with van der Waals surface area (Å²) in [7, 11) is 1.76. The van der Waals surface area contributed by atoms with E-state index >= 15 is 0 Å². The lowest BCUT2D eigenvalue weighted by molar-refractivity contribution is 0.232. The summed E-state index contributed by atoms with van der Waals surface area (Å²) < 4.78 is 12.4. The Labute approximate surface area is 301 Å². The average molecular weight is 663 g/mol. The Morgan fingerprint density at radius 2 is 1.26 bits per heavy atom. The van der Waals surface area contributed by atoms with E-state index in [1.807, 2.05) is 0 Å².